The molecule has 0 aliphatic rings. The normalized spacial score (nSPS) is 10.4. The Balaban J connectivity index is 2.31. The summed E-state index contributed by atoms with van der Waals surface area (Å²) in [6.07, 6.45) is 1.92. The zero-order valence-corrected chi connectivity index (χ0v) is 12.6. The summed E-state index contributed by atoms with van der Waals surface area (Å²) in [7, 11) is 0. The van der Waals surface area contributed by atoms with Crippen LogP contribution in [0.5, 0.6) is 11.5 Å². The van der Waals surface area contributed by atoms with Crippen LogP contribution in [-0.4, -0.2) is 18.2 Å². The van der Waals surface area contributed by atoms with Gasteiger partial charge in [-0.2, -0.15) is 0 Å². The van der Waals surface area contributed by atoms with Crippen LogP contribution in [0.2, 0.25) is 0 Å². The van der Waals surface area contributed by atoms with Gasteiger partial charge in [-0.15, -0.1) is 0 Å². The van der Waals surface area contributed by atoms with Crippen molar-refractivity contribution in [3.8, 4) is 22.8 Å². The number of hydrogen-bond acceptors (Lipinski definition) is 4. The smallest absolute Gasteiger partial charge is 0.161 e. The Kier molecular flexibility index (Phi) is 5.43. The number of rotatable bonds is 7. The summed E-state index contributed by atoms with van der Waals surface area (Å²) in [6.45, 7) is 5.50. The van der Waals surface area contributed by atoms with Crippen LogP contribution in [0.4, 0.5) is 5.82 Å². The molecule has 0 amide bonds. The topological polar surface area (TPSA) is 57.4 Å². The third-order valence-corrected chi connectivity index (χ3v) is 2.93. The molecule has 112 valence electrons. The average molecular weight is 286 g/mol. The van der Waals surface area contributed by atoms with E-state index in [0.717, 1.165) is 35.6 Å². The minimum Gasteiger partial charge on any atom is -0.490 e. The van der Waals surface area contributed by atoms with Crippen molar-refractivity contribution in [1.29, 1.82) is 0 Å². The maximum Gasteiger partial charge on any atom is 0.161 e. The summed E-state index contributed by atoms with van der Waals surface area (Å²) in [5.41, 5.74) is 7.54. The fourth-order valence-corrected chi connectivity index (χ4v) is 1.94. The molecule has 1 aromatic heterocycles. The summed E-state index contributed by atoms with van der Waals surface area (Å²) < 4.78 is 11.5. The minimum absolute atomic E-state index is 0.509. The van der Waals surface area contributed by atoms with E-state index in [1.807, 2.05) is 30.3 Å². The van der Waals surface area contributed by atoms with Gasteiger partial charge in [0.2, 0.25) is 0 Å². The van der Waals surface area contributed by atoms with Crippen molar-refractivity contribution in [3.05, 3.63) is 36.4 Å². The van der Waals surface area contributed by atoms with Gasteiger partial charge in [0.1, 0.15) is 5.82 Å². The van der Waals surface area contributed by atoms with E-state index in [1.165, 1.54) is 0 Å². The highest BCUT2D eigenvalue weighted by molar-refractivity contribution is 5.65. The second kappa shape index (κ2) is 7.53. The molecule has 21 heavy (non-hydrogen) atoms. The van der Waals surface area contributed by atoms with E-state index in [-0.39, 0.29) is 0 Å². The lowest BCUT2D eigenvalue weighted by Crippen LogP contribution is -2.01. The second-order valence-corrected chi connectivity index (χ2v) is 4.81. The maximum atomic E-state index is 5.79. The predicted octanol–water partition coefficient (Wildman–Crippen LogP) is 3.91. The van der Waals surface area contributed by atoms with E-state index in [0.29, 0.717) is 19.0 Å². The fourth-order valence-electron chi connectivity index (χ4n) is 1.94. The van der Waals surface area contributed by atoms with Gasteiger partial charge in [0.05, 0.1) is 18.9 Å². The first kappa shape index (κ1) is 15.2. The van der Waals surface area contributed by atoms with E-state index in [2.05, 4.69) is 18.8 Å². The number of nitrogen functional groups attached to an aromatic ring is 1. The molecular weight excluding hydrogens is 264 g/mol. The first-order valence-electron chi connectivity index (χ1n) is 7.37. The van der Waals surface area contributed by atoms with Gasteiger partial charge in [-0.1, -0.05) is 19.9 Å². The number of aromatic nitrogens is 1. The standard InChI is InChI=1S/C17H22N2O2/c1-3-10-20-15-9-8-13(12-16(15)21-11-4-2)14-6-5-7-17(18)19-14/h5-9,12H,3-4,10-11H2,1-2H3,(H2,18,19). The molecule has 0 radical (unpaired) electrons. The Morgan fingerprint density at radius 3 is 2.33 bits per heavy atom. The number of ether oxygens (including phenoxy) is 2. The fraction of sp³-hybridized carbons (Fsp3) is 0.353. The zero-order valence-electron chi connectivity index (χ0n) is 12.6. The number of benzene rings is 1. The van der Waals surface area contributed by atoms with Crippen LogP contribution in [0.1, 0.15) is 26.7 Å². The lowest BCUT2D eigenvalue weighted by Gasteiger charge is -2.13. The molecular formula is C17H22N2O2. The molecule has 0 unspecified atom stereocenters. The number of hydrogen-bond donors (Lipinski definition) is 1. The summed E-state index contributed by atoms with van der Waals surface area (Å²) in [4.78, 5) is 4.34. The Hall–Kier alpha value is -2.23. The van der Waals surface area contributed by atoms with Crippen LogP contribution in [0.15, 0.2) is 36.4 Å². The molecule has 0 spiro atoms. The summed E-state index contributed by atoms with van der Waals surface area (Å²) in [5, 5.41) is 0. The lowest BCUT2D eigenvalue weighted by atomic mass is 10.1. The molecule has 0 fully saturated rings. The van der Waals surface area contributed by atoms with Crippen molar-refractivity contribution < 1.29 is 9.47 Å². The van der Waals surface area contributed by atoms with Crippen LogP contribution in [0.25, 0.3) is 11.3 Å². The van der Waals surface area contributed by atoms with Crippen molar-refractivity contribution in [3.63, 3.8) is 0 Å². The first-order valence-corrected chi connectivity index (χ1v) is 7.37. The Bertz CT molecular complexity index is 585. The minimum atomic E-state index is 0.509. The van der Waals surface area contributed by atoms with E-state index in [4.69, 9.17) is 15.2 Å². The van der Waals surface area contributed by atoms with Crippen molar-refractivity contribution in [2.45, 2.75) is 26.7 Å². The third-order valence-electron chi connectivity index (χ3n) is 2.93. The Morgan fingerprint density at radius 1 is 0.952 bits per heavy atom. The predicted molar refractivity (Wildman–Crippen MR) is 85.7 cm³/mol. The molecule has 1 aromatic carbocycles. The second-order valence-electron chi connectivity index (χ2n) is 4.81. The average Bonchev–Trinajstić information content (AvgIpc) is 2.51. The molecule has 0 saturated heterocycles. The van der Waals surface area contributed by atoms with E-state index in [1.54, 1.807) is 6.07 Å². The van der Waals surface area contributed by atoms with Gasteiger partial charge in [0.15, 0.2) is 11.5 Å². The maximum absolute atomic E-state index is 5.79. The van der Waals surface area contributed by atoms with Crippen molar-refractivity contribution in [2.75, 3.05) is 18.9 Å². The molecule has 0 saturated carbocycles. The number of pyridine rings is 1. The molecule has 0 bridgehead atoms. The SMILES string of the molecule is CCCOc1ccc(-c2cccc(N)n2)cc1OCCC. The third kappa shape index (κ3) is 4.12. The van der Waals surface area contributed by atoms with Crippen LogP contribution in [0.3, 0.4) is 0 Å². The molecule has 0 aliphatic heterocycles. The molecule has 4 heteroatoms. The van der Waals surface area contributed by atoms with E-state index >= 15 is 0 Å². The molecule has 4 nitrogen and oxygen atoms in total. The molecule has 2 rings (SSSR count). The summed E-state index contributed by atoms with van der Waals surface area (Å²) in [5.74, 6) is 2.04. The van der Waals surface area contributed by atoms with Crippen LogP contribution < -0.4 is 15.2 Å². The lowest BCUT2D eigenvalue weighted by molar-refractivity contribution is 0.268. The monoisotopic (exact) mass is 286 g/mol. The number of nitrogens with zero attached hydrogens (tertiary/aromatic N) is 1. The molecule has 0 atom stereocenters. The van der Waals surface area contributed by atoms with Gasteiger partial charge in [0.25, 0.3) is 0 Å². The number of anilines is 1. The highest BCUT2D eigenvalue weighted by Crippen LogP contribution is 2.32. The van der Waals surface area contributed by atoms with Crippen molar-refractivity contribution in [2.24, 2.45) is 0 Å². The molecule has 1 heterocycles. The van der Waals surface area contributed by atoms with Gasteiger partial charge in [0, 0.05) is 5.56 Å². The van der Waals surface area contributed by atoms with Crippen LogP contribution in [-0.2, 0) is 0 Å². The summed E-state index contributed by atoms with van der Waals surface area (Å²) >= 11 is 0. The van der Waals surface area contributed by atoms with Crippen molar-refractivity contribution in [1.82, 2.24) is 4.98 Å². The molecule has 0 aliphatic carbocycles. The highest BCUT2D eigenvalue weighted by atomic mass is 16.5. The quantitative estimate of drug-likeness (QED) is 0.838. The zero-order chi connectivity index (χ0) is 15.1. The van der Waals surface area contributed by atoms with Gasteiger partial charge < -0.3 is 15.2 Å². The highest BCUT2D eigenvalue weighted by Gasteiger charge is 2.09. The van der Waals surface area contributed by atoms with E-state index < -0.39 is 0 Å². The summed E-state index contributed by atoms with van der Waals surface area (Å²) in [6, 6.07) is 11.5. The van der Waals surface area contributed by atoms with E-state index in [9.17, 15) is 0 Å². The Labute approximate surface area is 125 Å². The number of nitrogens with two attached hydrogens (primary N) is 1. The first-order chi connectivity index (χ1) is 10.2. The van der Waals surface area contributed by atoms with Gasteiger partial charge in [-0.05, 0) is 43.2 Å². The van der Waals surface area contributed by atoms with Crippen LogP contribution >= 0.6 is 0 Å². The Morgan fingerprint density at radius 2 is 1.67 bits per heavy atom. The molecule has 2 N–H and O–H groups in total. The van der Waals surface area contributed by atoms with Gasteiger partial charge in [-0.3, -0.25) is 0 Å². The largest absolute Gasteiger partial charge is 0.490 e. The van der Waals surface area contributed by atoms with Crippen molar-refractivity contribution >= 4 is 5.82 Å². The van der Waals surface area contributed by atoms with Gasteiger partial charge >= 0.3 is 0 Å². The molecule has 2 aromatic rings. The van der Waals surface area contributed by atoms with Crippen LogP contribution in [0, 0.1) is 0 Å². The van der Waals surface area contributed by atoms with Gasteiger partial charge in [-0.25, -0.2) is 4.98 Å².